The van der Waals surface area contributed by atoms with Gasteiger partial charge in [-0.25, -0.2) is 8.42 Å². The van der Waals surface area contributed by atoms with Crippen molar-refractivity contribution in [2.24, 2.45) is 0 Å². The normalized spacial score (nSPS) is 17.2. The molecule has 0 spiro atoms. The SMILES string of the molecule is Bc1c(C)cc(/C=C/CCC(=O)C(OC)c2ccc(C3CCS(=O)(=O)CC3)cc2)cc1OC. The highest BCUT2D eigenvalue weighted by atomic mass is 32.2. The van der Waals surface area contributed by atoms with Crippen molar-refractivity contribution in [1.82, 2.24) is 0 Å². The minimum absolute atomic E-state index is 0.0383. The van der Waals surface area contributed by atoms with E-state index in [1.165, 1.54) is 5.56 Å². The van der Waals surface area contributed by atoms with Gasteiger partial charge in [-0.2, -0.15) is 0 Å². The van der Waals surface area contributed by atoms with Crippen LogP contribution in [0.3, 0.4) is 0 Å². The summed E-state index contributed by atoms with van der Waals surface area (Å²) in [6, 6.07) is 12.0. The topological polar surface area (TPSA) is 69.7 Å². The van der Waals surface area contributed by atoms with Gasteiger partial charge in [0.2, 0.25) is 0 Å². The molecule has 33 heavy (non-hydrogen) atoms. The zero-order valence-corrected chi connectivity index (χ0v) is 20.8. The summed E-state index contributed by atoms with van der Waals surface area (Å²) in [5.74, 6) is 1.66. The number of ketones is 1. The van der Waals surface area contributed by atoms with E-state index in [2.05, 4.69) is 13.0 Å². The van der Waals surface area contributed by atoms with Gasteiger partial charge in [0.15, 0.2) is 5.78 Å². The first-order valence-corrected chi connectivity index (χ1v) is 13.2. The van der Waals surface area contributed by atoms with Crippen LogP contribution in [0.4, 0.5) is 0 Å². The summed E-state index contributed by atoms with van der Waals surface area (Å²) in [7, 11) is 2.39. The van der Waals surface area contributed by atoms with Crippen LogP contribution >= 0.6 is 0 Å². The number of carbonyl (C=O) groups is 1. The van der Waals surface area contributed by atoms with Crippen molar-refractivity contribution in [3.63, 3.8) is 0 Å². The van der Waals surface area contributed by atoms with Crippen LogP contribution in [0.2, 0.25) is 0 Å². The Balaban J connectivity index is 1.58. The fourth-order valence-electron chi connectivity index (χ4n) is 4.36. The molecule has 2 aromatic carbocycles. The molecule has 1 heterocycles. The third-order valence-corrected chi connectivity index (χ3v) is 8.24. The van der Waals surface area contributed by atoms with Gasteiger partial charge in [0.1, 0.15) is 29.5 Å². The highest BCUT2D eigenvalue weighted by Gasteiger charge is 2.25. The van der Waals surface area contributed by atoms with Crippen molar-refractivity contribution in [2.45, 2.75) is 44.6 Å². The van der Waals surface area contributed by atoms with Crippen LogP contribution in [0.25, 0.3) is 6.08 Å². The quantitative estimate of drug-likeness (QED) is 0.529. The molecule has 1 unspecified atom stereocenters. The monoisotopic (exact) mass is 468 g/mol. The van der Waals surface area contributed by atoms with Crippen LogP contribution in [-0.4, -0.2) is 47.8 Å². The van der Waals surface area contributed by atoms with E-state index in [9.17, 15) is 13.2 Å². The van der Waals surface area contributed by atoms with Crippen LogP contribution in [0.5, 0.6) is 5.75 Å². The number of rotatable bonds is 9. The van der Waals surface area contributed by atoms with Crippen molar-refractivity contribution >= 4 is 35.0 Å². The molecule has 1 fully saturated rings. The molecule has 0 aromatic heterocycles. The second kappa shape index (κ2) is 11.2. The van der Waals surface area contributed by atoms with Gasteiger partial charge in [0, 0.05) is 13.5 Å². The predicted molar refractivity (Wildman–Crippen MR) is 136 cm³/mol. The average molecular weight is 468 g/mol. The Kier molecular flexibility index (Phi) is 8.54. The van der Waals surface area contributed by atoms with E-state index in [4.69, 9.17) is 9.47 Å². The number of Topliss-reactive ketones (excluding diaryl/α,β-unsaturated/α-hetero) is 1. The number of aryl methyl sites for hydroxylation is 1. The molecular weight excluding hydrogens is 435 g/mol. The Labute approximate surface area is 198 Å². The number of ether oxygens (including phenoxy) is 2. The summed E-state index contributed by atoms with van der Waals surface area (Å²) >= 11 is 0. The molecule has 1 aliphatic heterocycles. The molecule has 176 valence electrons. The van der Waals surface area contributed by atoms with Gasteiger partial charge in [-0.15, -0.1) is 0 Å². The number of sulfone groups is 1. The maximum Gasteiger partial charge on any atom is 0.166 e. The predicted octanol–water partition coefficient (Wildman–Crippen LogP) is 3.30. The summed E-state index contributed by atoms with van der Waals surface area (Å²) in [6.07, 6.45) is 5.76. The van der Waals surface area contributed by atoms with Crippen molar-refractivity contribution < 1.29 is 22.7 Å². The molecule has 1 saturated heterocycles. The van der Waals surface area contributed by atoms with E-state index in [-0.39, 0.29) is 23.2 Å². The Morgan fingerprint density at radius 1 is 1.15 bits per heavy atom. The van der Waals surface area contributed by atoms with Crippen LogP contribution in [-0.2, 0) is 19.4 Å². The summed E-state index contributed by atoms with van der Waals surface area (Å²) in [6.45, 7) is 2.06. The molecule has 1 atom stereocenters. The second-order valence-corrected chi connectivity index (χ2v) is 11.1. The molecule has 5 nitrogen and oxygen atoms in total. The molecule has 0 saturated carbocycles. The Morgan fingerprint density at radius 3 is 2.42 bits per heavy atom. The standard InChI is InChI=1S/C26H33BO5S/c1-18-16-19(17-24(31-2)25(18)27)6-4-5-7-23(28)26(32-3)22-10-8-20(9-11-22)21-12-14-33(29,30)15-13-21/h4,6,8-11,16-17,21,26H,5,7,12-15,27H2,1-3H3/b6-4+. The number of allylic oxidation sites excluding steroid dienone is 1. The molecule has 3 rings (SSSR count). The minimum atomic E-state index is -2.87. The minimum Gasteiger partial charge on any atom is -0.497 e. The summed E-state index contributed by atoms with van der Waals surface area (Å²) in [4.78, 5) is 12.8. The lowest BCUT2D eigenvalue weighted by atomic mass is 9.88. The van der Waals surface area contributed by atoms with Gasteiger partial charge >= 0.3 is 0 Å². The first kappa shape index (κ1) is 25.3. The molecule has 0 bridgehead atoms. The zero-order valence-electron chi connectivity index (χ0n) is 20.0. The maximum absolute atomic E-state index is 12.8. The third kappa shape index (κ3) is 6.58. The number of benzene rings is 2. The third-order valence-electron chi connectivity index (χ3n) is 6.52. The lowest BCUT2D eigenvalue weighted by Gasteiger charge is -2.23. The zero-order chi connectivity index (χ0) is 24.0. The number of carbonyl (C=O) groups excluding carboxylic acids is 1. The van der Waals surface area contributed by atoms with Crippen LogP contribution in [0.15, 0.2) is 42.5 Å². The highest BCUT2D eigenvalue weighted by molar-refractivity contribution is 7.91. The van der Waals surface area contributed by atoms with Crippen LogP contribution < -0.4 is 10.2 Å². The highest BCUT2D eigenvalue weighted by Crippen LogP contribution is 2.30. The average Bonchev–Trinajstić information content (AvgIpc) is 2.80. The second-order valence-electron chi connectivity index (χ2n) is 8.78. The fourth-order valence-corrected chi connectivity index (χ4v) is 5.85. The van der Waals surface area contributed by atoms with Crippen molar-refractivity contribution in [2.75, 3.05) is 25.7 Å². The van der Waals surface area contributed by atoms with Gasteiger partial charge < -0.3 is 9.47 Å². The van der Waals surface area contributed by atoms with E-state index < -0.39 is 15.9 Å². The molecule has 0 N–H and O–H groups in total. The number of hydrogen-bond donors (Lipinski definition) is 0. The van der Waals surface area contributed by atoms with Gasteiger partial charge in [0.25, 0.3) is 0 Å². The van der Waals surface area contributed by atoms with Crippen LogP contribution in [0, 0.1) is 6.92 Å². The molecule has 0 radical (unpaired) electrons. The largest absolute Gasteiger partial charge is 0.497 e. The Bertz CT molecular complexity index is 1090. The summed E-state index contributed by atoms with van der Waals surface area (Å²) < 4.78 is 34.3. The smallest absolute Gasteiger partial charge is 0.166 e. The maximum atomic E-state index is 12.8. The lowest BCUT2D eigenvalue weighted by Crippen LogP contribution is -2.22. The molecule has 7 heteroatoms. The summed E-state index contributed by atoms with van der Waals surface area (Å²) in [5, 5.41) is 0. The van der Waals surface area contributed by atoms with Gasteiger partial charge in [-0.3, -0.25) is 4.79 Å². The molecule has 2 aromatic rings. The van der Waals surface area contributed by atoms with Crippen molar-refractivity contribution in [3.8, 4) is 5.75 Å². The number of methoxy groups -OCH3 is 2. The van der Waals surface area contributed by atoms with E-state index in [1.807, 2.05) is 50.3 Å². The Morgan fingerprint density at radius 2 is 1.82 bits per heavy atom. The van der Waals surface area contributed by atoms with Gasteiger partial charge in [-0.1, -0.05) is 48.0 Å². The van der Waals surface area contributed by atoms with E-state index in [1.54, 1.807) is 14.2 Å². The molecular formula is C26H33BO5S. The molecule has 0 aliphatic carbocycles. The van der Waals surface area contributed by atoms with E-state index in [0.29, 0.717) is 25.7 Å². The van der Waals surface area contributed by atoms with Gasteiger partial charge in [0.05, 0.1) is 18.6 Å². The van der Waals surface area contributed by atoms with Crippen LogP contribution in [0.1, 0.15) is 60.0 Å². The first-order valence-electron chi connectivity index (χ1n) is 11.4. The van der Waals surface area contributed by atoms with Crippen molar-refractivity contribution in [1.29, 1.82) is 0 Å². The first-order chi connectivity index (χ1) is 15.7. The Hall–Kier alpha value is -2.38. The van der Waals surface area contributed by atoms with E-state index in [0.717, 1.165) is 27.9 Å². The fraction of sp³-hybridized carbons (Fsp3) is 0.423. The number of hydrogen-bond acceptors (Lipinski definition) is 5. The van der Waals surface area contributed by atoms with Gasteiger partial charge in [-0.05, 0) is 60.3 Å². The molecule has 1 aliphatic rings. The van der Waals surface area contributed by atoms with E-state index >= 15 is 0 Å². The molecule has 0 amide bonds. The summed E-state index contributed by atoms with van der Waals surface area (Å²) in [5.41, 5.74) is 5.31. The lowest BCUT2D eigenvalue weighted by molar-refractivity contribution is -0.129. The van der Waals surface area contributed by atoms with Crippen molar-refractivity contribution in [3.05, 3.63) is 64.7 Å².